The summed E-state index contributed by atoms with van der Waals surface area (Å²) in [5, 5.41) is 3.17. The minimum atomic E-state index is 0.510. The molecule has 1 aliphatic rings. The first-order chi connectivity index (χ1) is 9.29. The van der Waals surface area contributed by atoms with Crippen molar-refractivity contribution in [2.45, 2.75) is 38.6 Å². The first-order valence-corrected chi connectivity index (χ1v) is 7.19. The molecule has 1 aromatic rings. The Balaban J connectivity index is 1.84. The van der Waals surface area contributed by atoms with Gasteiger partial charge in [0.1, 0.15) is 6.61 Å². The Bertz CT molecular complexity index is 385. The van der Waals surface area contributed by atoms with E-state index in [-0.39, 0.29) is 0 Å². The molecule has 19 heavy (non-hydrogen) atoms. The average Bonchev–Trinajstić information content (AvgIpc) is 2.45. The monoisotopic (exact) mass is 264 g/mol. The Morgan fingerprint density at radius 2 is 2.37 bits per heavy atom. The van der Waals surface area contributed by atoms with Gasteiger partial charge < -0.3 is 15.0 Å². The largest absolute Gasteiger partial charge is 0.476 e. The van der Waals surface area contributed by atoms with E-state index in [1.807, 2.05) is 6.07 Å². The Morgan fingerprint density at radius 3 is 3.16 bits per heavy atom. The number of anilines is 1. The third-order valence-corrected chi connectivity index (χ3v) is 3.51. The van der Waals surface area contributed by atoms with E-state index in [1.165, 1.54) is 25.8 Å². The molecule has 0 aliphatic carbocycles. The highest BCUT2D eigenvalue weighted by Gasteiger charge is 2.19. The summed E-state index contributed by atoms with van der Waals surface area (Å²) in [6.07, 6.45) is 6.60. The normalized spacial score (nSPS) is 20.2. The molecule has 0 aromatic carbocycles. The Morgan fingerprint density at radius 1 is 1.47 bits per heavy atom. The van der Waals surface area contributed by atoms with Crippen LogP contribution in [0.5, 0.6) is 5.88 Å². The molecule has 1 saturated heterocycles. The van der Waals surface area contributed by atoms with Crippen molar-refractivity contribution >= 4 is 5.95 Å². The van der Waals surface area contributed by atoms with Gasteiger partial charge in [-0.1, -0.05) is 13.3 Å². The van der Waals surface area contributed by atoms with Crippen LogP contribution in [-0.4, -0.2) is 47.7 Å². The highest BCUT2D eigenvalue weighted by atomic mass is 16.5. The summed E-state index contributed by atoms with van der Waals surface area (Å²) in [4.78, 5) is 10.9. The van der Waals surface area contributed by atoms with Crippen molar-refractivity contribution in [3.8, 4) is 5.88 Å². The summed E-state index contributed by atoms with van der Waals surface area (Å²) in [5.74, 6) is 1.31. The fourth-order valence-corrected chi connectivity index (χ4v) is 2.28. The van der Waals surface area contributed by atoms with Crippen LogP contribution >= 0.6 is 0 Å². The minimum absolute atomic E-state index is 0.510. The first-order valence-electron chi connectivity index (χ1n) is 7.19. The quantitative estimate of drug-likeness (QED) is 0.853. The second kappa shape index (κ2) is 7.28. The number of nitrogens with zero attached hydrogens (tertiary/aromatic N) is 3. The highest BCUT2D eigenvalue weighted by molar-refractivity contribution is 5.27. The van der Waals surface area contributed by atoms with Gasteiger partial charge in [0.15, 0.2) is 0 Å². The summed E-state index contributed by atoms with van der Waals surface area (Å²) in [7, 11) is 2.17. The number of likely N-dealkylation sites (N-methyl/N-ethyl adjacent to an activating group) is 1. The molecule has 0 bridgehead atoms. The van der Waals surface area contributed by atoms with E-state index < -0.39 is 0 Å². The van der Waals surface area contributed by atoms with E-state index >= 15 is 0 Å². The van der Waals surface area contributed by atoms with E-state index in [2.05, 4.69) is 34.2 Å². The average molecular weight is 264 g/mol. The van der Waals surface area contributed by atoms with Gasteiger partial charge in [-0.3, -0.25) is 0 Å². The van der Waals surface area contributed by atoms with Crippen molar-refractivity contribution in [3.63, 3.8) is 0 Å². The molecule has 5 heteroatoms. The number of nitrogens with one attached hydrogen (secondary N) is 1. The molecule has 1 aliphatic heterocycles. The SMILES string of the molecule is CCCNc1nccc(OCC2CCCCN2C)n1. The lowest BCUT2D eigenvalue weighted by Crippen LogP contribution is -2.40. The van der Waals surface area contributed by atoms with Crippen LogP contribution in [0.25, 0.3) is 0 Å². The van der Waals surface area contributed by atoms with Gasteiger partial charge in [-0.05, 0) is 32.9 Å². The summed E-state index contributed by atoms with van der Waals surface area (Å²) < 4.78 is 5.80. The number of hydrogen-bond acceptors (Lipinski definition) is 5. The lowest BCUT2D eigenvalue weighted by Gasteiger charge is -2.31. The van der Waals surface area contributed by atoms with E-state index in [0.717, 1.165) is 13.0 Å². The van der Waals surface area contributed by atoms with Crippen LogP contribution in [-0.2, 0) is 0 Å². The van der Waals surface area contributed by atoms with Crippen LogP contribution in [0.15, 0.2) is 12.3 Å². The van der Waals surface area contributed by atoms with Gasteiger partial charge in [-0.2, -0.15) is 4.98 Å². The molecular formula is C14H24N4O. The van der Waals surface area contributed by atoms with Gasteiger partial charge in [0.2, 0.25) is 11.8 Å². The molecule has 1 N–H and O–H groups in total. The first kappa shape index (κ1) is 14.1. The molecule has 2 heterocycles. The van der Waals surface area contributed by atoms with Crippen LogP contribution in [0.3, 0.4) is 0 Å². The highest BCUT2D eigenvalue weighted by Crippen LogP contribution is 2.16. The lowest BCUT2D eigenvalue weighted by molar-refractivity contribution is 0.122. The number of ether oxygens (including phenoxy) is 1. The number of hydrogen-bond donors (Lipinski definition) is 1. The Kier molecular flexibility index (Phi) is 5.39. The molecule has 0 radical (unpaired) electrons. The van der Waals surface area contributed by atoms with Crippen LogP contribution in [0, 0.1) is 0 Å². The zero-order valence-electron chi connectivity index (χ0n) is 11.9. The van der Waals surface area contributed by atoms with Crippen LogP contribution in [0.4, 0.5) is 5.95 Å². The van der Waals surface area contributed by atoms with Crippen molar-refractivity contribution in [2.24, 2.45) is 0 Å². The Labute approximate surface area is 115 Å². The standard InChI is InChI=1S/C14H24N4O/c1-3-8-15-14-16-9-7-13(17-14)19-11-12-6-4-5-10-18(12)2/h7,9,12H,3-6,8,10-11H2,1-2H3,(H,15,16,17). The maximum absolute atomic E-state index is 5.80. The van der Waals surface area contributed by atoms with Gasteiger partial charge >= 0.3 is 0 Å². The number of piperidine rings is 1. The van der Waals surface area contributed by atoms with E-state index in [0.29, 0.717) is 24.5 Å². The minimum Gasteiger partial charge on any atom is -0.476 e. The van der Waals surface area contributed by atoms with Crippen molar-refractivity contribution in [2.75, 3.05) is 32.1 Å². The molecule has 0 saturated carbocycles. The fourth-order valence-electron chi connectivity index (χ4n) is 2.28. The molecule has 1 aromatic heterocycles. The molecule has 0 amide bonds. The maximum Gasteiger partial charge on any atom is 0.225 e. The molecule has 106 valence electrons. The van der Waals surface area contributed by atoms with Crippen molar-refractivity contribution < 1.29 is 4.74 Å². The summed E-state index contributed by atoms with van der Waals surface area (Å²) in [6, 6.07) is 2.33. The predicted molar refractivity (Wildman–Crippen MR) is 76.6 cm³/mol. The smallest absolute Gasteiger partial charge is 0.225 e. The predicted octanol–water partition coefficient (Wildman–Crippen LogP) is 2.16. The van der Waals surface area contributed by atoms with Crippen molar-refractivity contribution in [1.29, 1.82) is 0 Å². The van der Waals surface area contributed by atoms with Crippen molar-refractivity contribution in [1.82, 2.24) is 14.9 Å². The number of likely N-dealkylation sites (tertiary alicyclic amines) is 1. The topological polar surface area (TPSA) is 50.3 Å². The number of aromatic nitrogens is 2. The summed E-state index contributed by atoms with van der Waals surface area (Å²) in [6.45, 7) is 4.88. The molecule has 0 spiro atoms. The molecule has 1 unspecified atom stereocenters. The maximum atomic E-state index is 5.80. The van der Waals surface area contributed by atoms with Crippen LogP contribution in [0.2, 0.25) is 0 Å². The second-order valence-electron chi connectivity index (χ2n) is 5.09. The van der Waals surface area contributed by atoms with Gasteiger partial charge in [0, 0.05) is 24.8 Å². The molecule has 5 nitrogen and oxygen atoms in total. The van der Waals surface area contributed by atoms with Crippen molar-refractivity contribution in [3.05, 3.63) is 12.3 Å². The van der Waals surface area contributed by atoms with Gasteiger partial charge in [0.05, 0.1) is 0 Å². The zero-order valence-corrected chi connectivity index (χ0v) is 11.9. The molecular weight excluding hydrogens is 240 g/mol. The van der Waals surface area contributed by atoms with E-state index in [4.69, 9.17) is 4.74 Å². The van der Waals surface area contributed by atoms with Crippen LogP contribution in [0.1, 0.15) is 32.6 Å². The molecule has 1 atom stereocenters. The van der Waals surface area contributed by atoms with E-state index in [9.17, 15) is 0 Å². The number of rotatable bonds is 6. The fraction of sp³-hybridized carbons (Fsp3) is 0.714. The molecule has 1 fully saturated rings. The lowest BCUT2D eigenvalue weighted by atomic mass is 10.0. The van der Waals surface area contributed by atoms with Crippen LogP contribution < -0.4 is 10.1 Å². The van der Waals surface area contributed by atoms with Gasteiger partial charge in [-0.15, -0.1) is 0 Å². The summed E-state index contributed by atoms with van der Waals surface area (Å²) in [5.41, 5.74) is 0. The third kappa shape index (κ3) is 4.35. The van der Waals surface area contributed by atoms with Gasteiger partial charge in [-0.25, -0.2) is 4.98 Å². The Hall–Kier alpha value is -1.36. The van der Waals surface area contributed by atoms with E-state index in [1.54, 1.807) is 6.20 Å². The zero-order chi connectivity index (χ0) is 13.5. The second-order valence-corrected chi connectivity index (χ2v) is 5.09. The molecule has 2 rings (SSSR count). The summed E-state index contributed by atoms with van der Waals surface area (Å²) >= 11 is 0. The van der Waals surface area contributed by atoms with Gasteiger partial charge in [0.25, 0.3) is 0 Å². The third-order valence-electron chi connectivity index (χ3n) is 3.51.